The molecular weight excluding hydrogens is 697 g/mol. The molecule has 0 saturated carbocycles. The Morgan fingerprint density at radius 3 is 1.02 bits per heavy atom. The van der Waals surface area contributed by atoms with Crippen LogP contribution < -0.4 is 0 Å². The molecule has 0 aromatic rings. The lowest BCUT2D eigenvalue weighted by atomic mass is 9.99. The Bertz CT molecular complexity index is 856. The molecule has 0 amide bonds. The Labute approximate surface area is 348 Å². The smallest absolute Gasteiger partial charge is 0.306 e. The molecule has 0 fully saturated rings. The van der Waals surface area contributed by atoms with Crippen molar-refractivity contribution in [3.8, 4) is 0 Å². The van der Waals surface area contributed by atoms with E-state index < -0.39 is 6.10 Å². The van der Waals surface area contributed by atoms with E-state index in [1.165, 1.54) is 161 Å². The molecule has 0 spiro atoms. The highest BCUT2D eigenvalue weighted by molar-refractivity contribution is 5.71. The summed E-state index contributed by atoms with van der Waals surface area (Å²) in [4.78, 5) is 37.7. The molecule has 6 heteroatoms. The number of hydrogen-bond donors (Lipinski definition) is 0. The van der Waals surface area contributed by atoms with Crippen molar-refractivity contribution in [3.05, 3.63) is 0 Å². The molecule has 0 rings (SSSR count). The quantitative estimate of drug-likeness (QED) is 0.0347. The van der Waals surface area contributed by atoms with E-state index in [0.29, 0.717) is 19.3 Å². The van der Waals surface area contributed by atoms with Crippen LogP contribution in [0.5, 0.6) is 0 Å². The first-order chi connectivity index (χ1) is 27.3. The van der Waals surface area contributed by atoms with Gasteiger partial charge in [0.2, 0.25) is 0 Å². The molecule has 0 saturated heterocycles. The monoisotopic (exact) mass is 793 g/mol. The summed E-state index contributed by atoms with van der Waals surface area (Å²) in [5.41, 5.74) is 0. The van der Waals surface area contributed by atoms with E-state index in [9.17, 15) is 14.4 Å². The van der Waals surface area contributed by atoms with E-state index in [4.69, 9.17) is 14.2 Å². The molecule has 2 atom stereocenters. The number of hydrogen-bond acceptors (Lipinski definition) is 6. The van der Waals surface area contributed by atoms with Gasteiger partial charge < -0.3 is 14.2 Å². The van der Waals surface area contributed by atoms with Gasteiger partial charge in [-0.15, -0.1) is 0 Å². The van der Waals surface area contributed by atoms with E-state index in [2.05, 4.69) is 34.6 Å². The molecule has 0 aliphatic carbocycles. The fourth-order valence-corrected chi connectivity index (χ4v) is 7.43. The summed E-state index contributed by atoms with van der Waals surface area (Å²) < 4.78 is 16.7. The van der Waals surface area contributed by atoms with Crippen LogP contribution in [0.1, 0.15) is 272 Å². The second kappa shape index (κ2) is 43.0. The van der Waals surface area contributed by atoms with E-state index >= 15 is 0 Å². The Kier molecular flexibility index (Phi) is 41.8. The average Bonchev–Trinajstić information content (AvgIpc) is 3.18. The van der Waals surface area contributed by atoms with Crippen molar-refractivity contribution >= 4 is 17.9 Å². The summed E-state index contributed by atoms with van der Waals surface area (Å²) in [6.45, 7) is 11.3. The minimum atomic E-state index is -0.760. The molecule has 332 valence electrons. The van der Waals surface area contributed by atoms with Gasteiger partial charge in [-0.3, -0.25) is 14.4 Å². The number of unbranched alkanes of at least 4 members (excludes halogenated alkanes) is 28. The molecular formula is C50H96O6. The third-order valence-corrected chi connectivity index (χ3v) is 11.6. The lowest BCUT2D eigenvalue weighted by molar-refractivity contribution is -0.167. The zero-order valence-corrected chi connectivity index (χ0v) is 38.3. The lowest BCUT2D eigenvalue weighted by Gasteiger charge is -2.18. The third kappa shape index (κ3) is 42.0. The zero-order valence-electron chi connectivity index (χ0n) is 38.3. The van der Waals surface area contributed by atoms with Gasteiger partial charge in [0.05, 0.1) is 0 Å². The number of carbonyl (C=O) groups is 3. The molecule has 0 N–H and O–H groups in total. The average molecular weight is 793 g/mol. The maximum absolute atomic E-state index is 12.6. The summed E-state index contributed by atoms with van der Waals surface area (Å²) in [6, 6.07) is 0. The van der Waals surface area contributed by atoms with Crippen molar-refractivity contribution in [1.82, 2.24) is 0 Å². The van der Waals surface area contributed by atoms with Gasteiger partial charge in [0, 0.05) is 19.3 Å². The van der Waals surface area contributed by atoms with E-state index in [0.717, 1.165) is 69.6 Å². The molecule has 1 unspecified atom stereocenters. The van der Waals surface area contributed by atoms with Gasteiger partial charge in [-0.1, -0.05) is 234 Å². The standard InChI is InChI=1S/C50H96O6/c1-6-8-9-10-23-32-37-42-50(53)56-47(44-55-49(52)41-36-31-27-22-21-25-29-34-39-46(5)7-2)43-54-48(51)40-35-30-26-20-18-16-14-12-11-13-15-17-19-24-28-33-38-45(3)4/h45-47H,6-44H2,1-5H3/t46?,47-/m1/s1. The molecule has 0 aliphatic heterocycles. The summed E-state index contributed by atoms with van der Waals surface area (Å²) in [7, 11) is 0. The highest BCUT2D eigenvalue weighted by Crippen LogP contribution is 2.17. The van der Waals surface area contributed by atoms with Crippen LogP contribution >= 0.6 is 0 Å². The number of rotatable bonds is 44. The third-order valence-electron chi connectivity index (χ3n) is 11.6. The SMILES string of the molecule is CCCCCCCCCC(=O)O[C@H](COC(=O)CCCCCCCCCCCCCCCCCCC(C)C)COC(=O)CCCCCCCCCCC(C)CC. The van der Waals surface area contributed by atoms with E-state index in [-0.39, 0.29) is 31.1 Å². The van der Waals surface area contributed by atoms with Gasteiger partial charge in [0.1, 0.15) is 13.2 Å². The van der Waals surface area contributed by atoms with E-state index in [1.807, 2.05) is 0 Å². The highest BCUT2D eigenvalue weighted by Gasteiger charge is 2.19. The van der Waals surface area contributed by atoms with Crippen molar-refractivity contribution < 1.29 is 28.6 Å². The van der Waals surface area contributed by atoms with Crippen LogP contribution in [-0.4, -0.2) is 37.2 Å². The molecule has 0 aromatic carbocycles. The topological polar surface area (TPSA) is 78.9 Å². The Hall–Kier alpha value is -1.59. The predicted octanol–water partition coefficient (Wildman–Crippen LogP) is 15.8. The Morgan fingerprint density at radius 1 is 0.375 bits per heavy atom. The van der Waals surface area contributed by atoms with Crippen molar-refractivity contribution in [1.29, 1.82) is 0 Å². The minimum Gasteiger partial charge on any atom is -0.462 e. The summed E-state index contributed by atoms with van der Waals surface area (Å²) in [6.07, 6.45) is 42.4. The van der Waals surface area contributed by atoms with Crippen LogP contribution in [0.4, 0.5) is 0 Å². The predicted molar refractivity (Wildman–Crippen MR) is 238 cm³/mol. The molecule has 0 bridgehead atoms. The van der Waals surface area contributed by atoms with Crippen LogP contribution in [-0.2, 0) is 28.6 Å². The highest BCUT2D eigenvalue weighted by atomic mass is 16.6. The van der Waals surface area contributed by atoms with Crippen LogP contribution in [0.2, 0.25) is 0 Å². The van der Waals surface area contributed by atoms with Crippen LogP contribution in [0.3, 0.4) is 0 Å². The van der Waals surface area contributed by atoms with E-state index in [1.54, 1.807) is 0 Å². The summed E-state index contributed by atoms with van der Waals surface area (Å²) >= 11 is 0. The summed E-state index contributed by atoms with van der Waals surface area (Å²) in [5, 5.41) is 0. The molecule has 6 nitrogen and oxygen atoms in total. The molecule has 0 heterocycles. The van der Waals surface area contributed by atoms with Gasteiger partial charge >= 0.3 is 17.9 Å². The van der Waals surface area contributed by atoms with Crippen LogP contribution in [0.15, 0.2) is 0 Å². The maximum atomic E-state index is 12.6. The van der Waals surface area contributed by atoms with Crippen LogP contribution in [0.25, 0.3) is 0 Å². The molecule has 0 aliphatic rings. The number of esters is 3. The second-order valence-electron chi connectivity index (χ2n) is 17.8. The van der Waals surface area contributed by atoms with Crippen LogP contribution in [0, 0.1) is 11.8 Å². The van der Waals surface area contributed by atoms with Crippen molar-refractivity contribution in [3.63, 3.8) is 0 Å². The Morgan fingerprint density at radius 2 is 0.679 bits per heavy atom. The van der Waals surface area contributed by atoms with Crippen molar-refractivity contribution in [2.45, 2.75) is 278 Å². The van der Waals surface area contributed by atoms with Gasteiger partial charge in [0.25, 0.3) is 0 Å². The van der Waals surface area contributed by atoms with Gasteiger partial charge in [0.15, 0.2) is 6.10 Å². The lowest BCUT2D eigenvalue weighted by Crippen LogP contribution is -2.30. The zero-order chi connectivity index (χ0) is 41.2. The normalized spacial score (nSPS) is 12.5. The van der Waals surface area contributed by atoms with Crippen molar-refractivity contribution in [2.24, 2.45) is 11.8 Å². The second-order valence-corrected chi connectivity index (χ2v) is 17.8. The first kappa shape index (κ1) is 54.4. The molecule has 0 aromatic heterocycles. The van der Waals surface area contributed by atoms with Gasteiger partial charge in [-0.05, 0) is 31.1 Å². The Balaban J connectivity index is 4.15. The summed E-state index contributed by atoms with van der Waals surface area (Å²) in [5.74, 6) is 0.841. The number of ether oxygens (including phenoxy) is 3. The fourth-order valence-electron chi connectivity index (χ4n) is 7.43. The van der Waals surface area contributed by atoms with Gasteiger partial charge in [-0.2, -0.15) is 0 Å². The number of carbonyl (C=O) groups excluding carboxylic acids is 3. The first-order valence-electron chi connectivity index (χ1n) is 24.8. The maximum Gasteiger partial charge on any atom is 0.306 e. The fraction of sp³-hybridized carbons (Fsp3) is 0.940. The van der Waals surface area contributed by atoms with Gasteiger partial charge in [-0.25, -0.2) is 0 Å². The van der Waals surface area contributed by atoms with Crippen molar-refractivity contribution in [2.75, 3.05) is 13.2 Å². The minimum absolute atomic E-state index is 0.0648. The largest absolute Gasteiger partial charge is 0.462 e. The molecule has 56 heavy (non-hydrogen) atoms. The first-order valence-corrected chi connectivity index (χ1v) is 24.8. The molecule has 0 radical (unpaired) electrons.